The summed E-state index contributed by atoms with van der Waals surface area (Å²) in [5, 5.41) is 0. The number of H-pyrrole nitrogens is 1. The first-order valence-corrected chi connectivity index (χ1v) is 6.37. The van der Waals surface area contributed by atoms with E-state index in [2.05, 4.69) is 21.9 Å². The Morgan fingerprint density at radius 2 is 2.24 bits per heavy atom. The largest absolute Gasteiger partial charge is 0.382 e. The molecule has 0 bridgehead atoms. The Morgan fingerprint density at radius 3 is 2.88 bits per heavy atom. The summed E-state index contributed by atoms with van der Waals surface area (Å²) in [4.78, 5) is 12.1. The van der Waals surface area contributed by atoms with Crippen LogP contribution in [0.15, 0.2) is 0 Å². The minimum absolute atomic E-state index is 0.455. The second-order valence-electron chi connectivity index (χ2n) is 4.53. The molecule has 17 heavy (non-hydrogen) atoms. The summed E-state index contributed by atoms with van der Waals surface area (Å²) in [6, 6.07) is 0. The monoisotopic (exact) mass is 249 g/mol. The summed E-state index contributed by atoms with van der Waals surface area (Å²) in [5.74, 6) is 2.06. The van der Waals surface area contributed by atoms with E-state index in [9.17, 15) is 0 Å². The quantitative estimate of drug-likeness (QED) is 0.819. The van der Waals surface area contributed by atoms with Crippen LogP contribution in [0, 0.1) is 4.77 Å². The van der Waals surface area contributed by atoms with Crippen LogP contribution >= 0.6 is 12.2 Å². The molecular weight excluding hydrogens is 234 g/mol. The maximum Gasteiger partial charge on any atom is 0.203 e. The zero-order valence-electron chi connectivity index (χ0n) is 9.73. The maximum absolute atomic E-state index is 5.89. The Bertz CT molecular complexity index is 623. The summed E-state index contributed by atoms with van der Waals surface area (Å²) in [6.07, 6.45) is 3.42. The van der Waals surface area contributed by atoms with Crippen LogP contribution in [-0.2, 0) is 6.54 Å². The van der Waals surface area contributed by atoms with Crippen molar-refractivity contribution < 1.29 is 0 Å². The molecule has 1 fully saturated rings. The van der Waals surface area contributed by atoms with Gasteiger partial charge in [0.1, 0.15) is 11.3 Å². The molecule has 0 aliphatic heterocycles. The van der Waals surface area contributed by atoms with Crippen LogP contribution in [0.3, 0.4) is 0 Å². The molecule has 0 amide bonds. The summed E-state index contributed by atoms with van der Waals surface area (Å²) in [7, 11) is 0. The molecule has 3 N–H and O–H groups in total. The molecule has 90 valence electrons. The lowest BCUT2D eigenvalue weighted by atomic mass is 10.4. The first-order valence-electron chi connectivity index (χ1n) is 5.96. The summed E-state index contributed by atoms with van der Waals surface area (Å²) >= 11 is 5.24. The molecule has 0 spiro atoms. The molecule has 0 saturated heterocycles. The summed E-state index contributed by atoms with van der Waals surface area (Å²) < 4.78 is 2.48. The highest BCUT2D eigenvalue weighted by molar-refractivity contribution is 7.71. The Hall–Kier alpha value is -1.43. The number of hydrogen-bond acceptors (Lipinski definition) is 4. The number of nitrogens with zero attached hydrogens (tertiary/aromatic N) is 3. The molecule has 0 atom stereocenters. The zero-order valence-corrected chi connectivity index (χ0v) is 10.5. The average molecular weight is 249 g/mol. The lowest BCUT2D eigenvalue weighted by Gasteiger charge is -2.06. The molecule has 5 nitrogen and oxygen atoms in total. The summed E-state index contributed by atoms with van der Waals surface area (Å²) in [6.45, 7) is 2.94. The molecule has 2 heterocycles. The third kappa shape index (κ3) is 1.72. The van der Waals surface area contributed by atoms with Crippen molar-refractivity contribution in [1.82, 2.24) is 19.5 Å². The number of hydrogen-bond donors (Lipinski definition) is 2. The van der Waals surface area contributed by atoms with Gasteiger partial charge in [-0.1, -0.05) is 6.92 Å². The number of fused-ring (bicyclic) bond motifs is 1. The molecule has 2 aromatic heterocycles. The minimum atomic E-state index is 0.455. The van der Waals surface area contributed by atoms with Gasteiger partial charge in [0.2, 0.25) is 4.77 Å². The first-order chi connectivity index (χ1) is 8.20. The van der Waals surface area contributed by atoms with E-state index < -0.39 is 0 Å². The number of nitrogen functional groups attached to an aromatic ring is 1. The third-order valence-corrected chi connectivity index (χ3v) is 3.38. The maximum atomic E-state index is 5.89. The van der Waals surface area contributed by atoms with E-state index in [1.165, 1.54) is 12.8 Å². The smallest absolute Gasteiger partial charge is 0.203 e. The number of nitrogens with two attached hydrogens (primary N) is 1. The van der Waals surface area contributed by atoms with Crippen LogP contribution in [0.1, 0.15) is 37.9 Å². The predicted octanol–water partition coefficient (Wildman–Crippen LogP) is 2.36. The number of aryl methyl sites for hydroxylation is 1. The fourth-order valence-electron chi connectivity index (χ4n) is 2.04. The number of imidazole rings is 1. The van der Waals surface area contributed by atoms with Gasteiger partial charge >= 0.3 is 0 Å². The van der Waals surface area contributed by atoms with Crippen LogP contribution in [0.25, 0.3) is 11.2 Å². The highest BCUT2D eigenvalue weighted by Gasteiger charge is 2.27. The SMILES string of the molecule is CCCn1c(=S)nc(N)c2[nH]c(C3CC3)nc21. The number of nitrogens with one attached hydrogen (secondary N) is 1. The van der Waals surface area contributed by atoms with Crippen LogP contribution in [0.2, 0.25) is 0 Å². The van der Waals surface area contributed by atoms with Gasteiger partial charge in [0, 0.05) is 12.5 Å². The molecule has 0 unspecified atom stereocenters. The molecule has 1 saturated carbocycles. The lowest BCUT2D eigenvalue weighted by Crippen LogP contribution is -2.06. The Labute approximate surface area is 104 Å². The predicted molar refractivity (Wildman–Crippen MR) is 69.4 cm³/mol. The van der Waals surface area contributed by atoms with Crippen LogP contribution in [0.5, 0.6) is 0 Å². The van der Waals surface area contributed by atoms with E-state index in [-0.39, 0.29) is 0 Å². The van der Waals surface area contributed by atoms with E-state index in [0.29, 0.717) is 16.5 Å². The Kier molecular flexibility index (Phi) is 2.39. The van der Waals surface area contributed by atoms with Gasteiger partial charge in [0.05, 0.1) is 0 Å². The van der Waals surface area contributed by atoms with Gasteiger partial charge in [-0.2, -0.15) is 0 Å². The van der Waals surface area contributed by atoms with Crippen molar-refractivity contribution in [3.05, 3.63) is 10.6 Å². The van der Waals surface area contributed by atoms with Gasteiger partial charge in [-0.25, -0.2) is 9.97 Å². The number of rotatable bonds is 3. The average Bonchev–Trinajstić information content (AvgIpc) is 3.04. The normalized spacial score (nSPS) is 15.6. The fraction of sp³-hybridized carbons (Fsp3) is 0.545. The van der Waals surface area contributed by atoms with E-state index in [0.717, 1.165) is 30.0 Å². The topological polar surface area (TPSA) is 72.5 Å². The van der Waals surface area contributed by atoms with Gasteiger partial charge in [-0.15, -0.1) is 0 Å². The third-order valence-electron chi connectivity index (χ3n) is 3.07. The molecule has 6 heteroatoms. The van der Waals surface area contributed by atoms with Crippen molar-refractivity contribution in [2.75, 3.05) is 5.73 Å². The molecule has 1 aliphatic rings. The van der Waals surface area contributed by atoms with Crippen molar-refractivity contribution in [3.8, 4) is 0 Å². The highest BCUT2D eigenvalue weighted by atomic mass is 32.1. The zero-order chi connectivity index (χ0) is 12.0. The standard InChI is InChI=1S/C11H15N5S/c1-2-5-16-10-7(8(12)14-11(16)17)13-9(15-10)6-3-4-6/h6H,2-5H2,1H3,(H,13,15)(H2,12,14,17). The summed E-state index contributed by atoms with van der Waals surface area (Å²) in [5.41, 5.74) is 7.57. The van der Waals surface area contributed by atoms with Gasteiger partial charge < -0.3 is 10.7 Å². The van der Waals surface area contributed by atoms with Crippen molar-refractivity contribution in [2.24, 2.45) is 0 Å². The second kappa shape index (κ2) is 3.80. The molecule has 0 radical (unpaired) electrons. The molecule has 1 aliphatic carbocycles. The van der Waals surface area contributed by atoms with Gasteiger partial charge in [0.15, 0.2) is 11.5 Å². The fourth-order valence-corrected chi connectivity index (χ4v) is 2.32. The highest BCUT2D eigenvalue weighted by Crippen LogP contribution is 2.39. The van der Waals surface area contributed by atoms with E-state index in [4.69, 9.17) is 18.0 Å². The molecular formula is C11H15N5S. The molecule has 2 aromatic rings. The van der Waals surface area contributed by atoms with Crippen molar-refractivity contribution in [2.45, 2.75) is 38.6 Å². The Morgan fingerprint density at radius 1 is 1.47 bits per heavy atom. The molecule has 3 rings (SSSR count). The van der Waals surface area contributed by atoms with Gasteiger partial charge in [-0.05, 0) is 31.5 Å². The van der Waals surface area contributed by atoms with Gasteiger partial charge in [0.25, 0.3) is 0 Å². The van der Waals surface area contributed by atoms with Crippen molar-refractivity contribution >= 4 is 29.2 Å². The second-order valence-corrected chi connectivity index (χ2v) is 4.89. The van der Waals surface area contributed by atoms with E-state index in [1.807, 2.05) is 4.57 Å². The minimum Gasteiger partial charge on any atom is -0.382 e. The number of aromatic nitrogens is 4. The molecule has 0 aromatic carbocycles. The van der Waals surface area contributed by atoms with Crippen LogP contribution < -0.4 is 5.73 Å². The van der Waals surface area contributed by atoms with Crippen LogP contribution in [0.4, 0.5) is 5.82 Å². The first kappa shape index (κ1) is 10.7. The number of anilines is 1. The van der Waals surface area contributed by atoms with E-state index >= 15 is 0 Å². The van der Waals surface area contributed by atoms with Gasteiger partial charge in [-0.3, -0.25) is 4.57 Å². The lowest BCUT2D eigenvalue weighted by molar-refractivity contribution is 0.671. The van der Waals surface area contributed by atoms with Crippen molar-refractivity contribution in [1.29, 1.82) is 0 Å². The van der Waals surface area contributed by atoms with Crippen molar-refractivity contribution in [3.63, 3.8) is 0 Å². The van der Waals surface area contributed by atoms with E-state index in [1.54, 1.807) is 0 Å². The Balaban J connectivity index is 2.26. The van der Waals surface area contributed by atoms with Crippen LogP contribution in [-0.4, -0.2) is 19.5 Å². The number of aromatic amines is 1.